The number of fused-ring (bicyclic) bond motifs is 1. The largest absolute Gasteiger partial charge is 0.348 e. The summed E-state index contributed by atoms with van der Waals surface area (Å²) in [6, 6.07) is 5.09. The molecule has 1 aromatic carbocycles. The molecule has 0 atom stereocenters. The quantitative estimate of drug-likeness (QED) is 0.597. The van der Waals surface area contributed by atoms with Crippen molar-refractivity contribution in [2.24, 2.45) is 0 Å². The van der Waals surface area contributed by atoms with Gasteiger partial charge in [0.05, 0.1) is 14.9 Å². The summed E-state index contributed by atoms with van der Waals surface area (Å²) in [4.78, 5) is 19.8. The van der Waals surface area contributed by atoms with Crippen LogP contribution < -0.4 is 5.56 Å². The number of hydrogen-bond acceptors (Lipinski definition) is 7. The Balaban J connectivity index is 1.73. The fourth-order valence-corrected chi connectivity index (χ4v) is 5.89. The molecule has 0 bridgehead atoms. The summed E-state index contributed by atoms with van der Waals surface area (Å²) < 4.78 is 29.5. The second kappa shape index (κ2) is 7.53. The van der Waals surface area contributed by atoms with Crippen molar-refractivity contribution in [1.82, 2.24) is 15.1 Å². The molecule has 2 heterocycles. The zero-order valence-electron chi connectivity index (χ0n) is 15.1. The highest BCUT2D eigenvalue weighted by Crippen LogP contribution is 2.36. The van der Waals surface area contributed by atoms with Crippen LogP contribution in [0.2, 0.25) is 0 Å². The third-order valence-electron chi connectivity index (χ3n) is 5.12. The third-order valence-corrected chi connectivity index (χ3v) is 8.80. The predicted molar refractivity (Wildman–Crippen MR) is 108 cm³/mol. The minimum Gasteiger partial charge on any atom is -0.348 e. The average molecular weight is 440 g/mol. The van der Waals surface area contributed by atoms with E-state index in [2.05, 4.69) is 15.1 Å². The van der Waals surface area contributed by atoms with Crippen LogP contribution in [0.1, 0.15) is 54.2 Å². The molecule has 4 rings (SSSR count). The zero-order valence-corrected chi connectivity index (χ0v) is 17.5. The molecule has 1 saturated carbocycles. The van der Waals surface area contributed by atoms with Gasteiger partial charge in [-0.3, -0.25) is 4.79 Å². The molecule has 0 saturated heterocycles. The molecule has 7 nitrogen and oxygen atoms in total. The van der Waals surface area contributed by atoms with E-state index in [4.69, 9.17) is 15.2 Å². The van der Waals surface area contributed by atoms with Crippen LogP contribution in [-0.4, -0.2) is 23.5 Å². The molecule has 1 aliphatic rings. The predicted octanol–water partition coefficient (Wildman–Crippen LogP) is 4.04. The fraction of sp³-hybridized carbons (Fsp3) is 0.389. The van der Waals surface area contributed by atoms with Crippen LogP contribution >= 0.6 is 20.7 Å². The van der Waals surface area contributed by atoms with E-state index in [1.807, 2.05) is 6.07 Å². The summed E-state index contributed by atoms with van der Waals surface area (Å²) in [7, 11) is 2.17. The van der Waals surface area contributed by atoms with Gasteiger partial charge in [-0.15, -0.1) is 0 Å². The lowest BCUT2D eigenvalue weighted by Gasteiger charge is -2.08. The zero-order chi connectivity index (χ0) is 19.9. The van der Waals surface area contributed by atoms with Crippen molar-refractivity contribution in [3.8, 4) is 0 Å². The number of hydrogen-bond donors (Lipinski definition) is 1. The first-order chi connectivity index (χ1) is 13.4. The number of aromatic amines is 1. The van der Waals surface area contributed by atoms with E-state index in [0.29, 0.717) is 22.5 Å². The van der Waals surface area contributed by atoms with Gasteiger partial charge in [-0.1, -0.05) is 30.1 Å². The first kappa shape index (κ1) is 19.5. The molecule has 1 N–H and O–H groups in total. The van der Waals surface area contributed by atoms with E-state index in [9.17, 15) is 13.2 Å². The van der Waals surface area contributed by atoms with Crippen LogP contribution in [0, 0.1) is 6.92 Å². The van der Waals surface area contributed by atoms with Gasteiger partial charge in [0.1, 0.15) is 17.0 Å². The van der Waals surface area contributed by atoms with Gasteiger partial charge in [-0.05, 0) is 47.6 Å². The topological polar surface area (TPSA) is 106 Å². The molecule has 0 aliphatic heterocycles. The van der Waals surface area contributed by atoms with Crippen molar-refractivity contribution in [3.05, 3.63) is 51.2 Å². The normalized spacial score (nSPS) is 15.5. The number of aryl methyl sites for hydroxylation is 1. The lowest BCUT2D eigenvalue weighted by Crippen LogP contribution is -2.12. The molecule has 28 heavy (non-hydrogen) atoms. The monoisotopic (exact) mass is 439 g/mol. The molecule has 0 spiro atoms. The van der Waals surface area contributed by atoms with Gasteiger partial charge < -0.3 is 9.51 Å². The second-order valence-electron chi connectivity index (χ2n) is 7.03. The number of H-pyrrole nitrogens is 1. The van der Waals surface area contributed by atoms with Crippen molar-refractivity contribution in [3.63, 3.8) is 0 Å². The van der Waals surface area contributed by atoms with Gasteiger partial charge in [-0.25, -0.2) is 13.4 Å². The number of nitrogens with zero attached hydrogens (tertiary/aromatic N) is 2. The molecule has 0 radical (unpaired) electrons. The van der Waals surface area contributed by atoms with Crippen LogP contribution in [0.3, 0.4) is 0 Å². The summed E-state index contributed by atoms with van der Waals surface area (Å²) >= 11 is 0. The lowest BCUT2D eigenvalue weighted by molar-refractivity contribution is 0.434. The molecule has 10 heteroatoms. The molecule has 1 aliphatic carbocycles. The Morgan fingerprint density at radius 1 is 1.32 bits per heavy atom. The van der Waals surface area contributed by atoms with Crippen molar-refractivity contribution >= 4 is 40.7 Å². The first-order valence-electron chi connectivity index (χ1n) is 8.92. The van der Waals surface area contributed by atoms with Crippen LogP contribution in [0.25, 0.3) is 11.1 Å². The molecule has 1 fully saturated rings. The highest BCUT2D eigenvalue weighted by molar-refractivity contribution is 8.80. The minimum atomic E-state index is -3.63. The summed E-state index contributed by atoms with van der Waals surface area (Å²) in [6.45, 7) is 1.71. The van der Waals surface area contributed by atoms with Crippen LogP contribution in [0.15, 0.2) is 32.4 Å². The van der Waals surface area contributed by atoms with E-state index in [1.54, 1.807) is 19.1 Å². The first-order valence-corrected chi connectivity index (χ1v) is 12.6. The Morgan fingerprint density at radius 3 is 2.79 bits per heavy atom. The third kappa shape index (κ3) is 3.58. The number of halogens is 1. The maximum Gasteiger partial charge on any atom is 0.297 e. The van der Waals surface area contributed by atoms with Gasteiger partial charge in [0.15, 0.2) is 0 Å². The van der Waals surface area contributed by atoms with Crippen molar-refractivity contribution < 1.29 is 12.9 Å². The number of rotatable bonds is 5. The summed E-state index contributed by atoms with van der Waals surface area (Å²) in [5.41, 5.74) is 2.31. The molecule has 2 aromatic heterocycles. The Morgan fingerprint density at radius 2 is 2.07 bits per heavy atom. The molecule has 0 unspecified atom stereocenters. The Bertz CT molecular complexity index is 1200. The number of aromatic nitrogens is 3. The average Bonchev–Trinajstić information content (AvgIpc) is 3.32. The van der Waals surface area contributed by atoms with Gasteiger partial charge in [0.2, 0.25) is 14.5 Å². The molecule has 0 amide bonds. The van der Waals surface area contributed by atoms with E-state index in [-0.39, 0.29) is 38.4 Å². The van der Waals surface area contributed by atoms with Crippen LogP contribution in [0.5, 0.6) is 0 Å². The smallest absolute Gasteiger partial charge is 0.297 e. The van der Waals surface area contributed by atoms with Gasteiger partial charge in [0.25, 0.3) is 5.56 Å². The van der Waals surface area contributed by atoms with Crippen molar-refractivity contribution in [1.29, 1.82) is 0 Å². The van der Waals surface area contributed by atoms with E-state index < -0.39 is 8.87 Å². The Labute approximate surface area is 169 Å². The molecular weight excluding hydrogens is 422 g/mol. The molecular formula is C18H18ClN3O4S2. The number of nitrogens with one attached hydrogen (secondary N) is 1. The standard InChI is InChI=1S/C18H18ClN3O4S2/c1-10-6-7-11(8-13(10)28(24,25)27-19)9-14-20-16-15(12-4-2-3-5-12)22-26-17(16)18(23)21-14/h6-8,12H,2-5,9H2,1H3,(H,20,21,23). The highest BCUT2D eigenvalue weighted by Gasteiger charge is 2.25. The second-order valence-corrected chi connectivity index (χ2v) is 11.3. The Kier molecular flexibility index (Phi) is 5.24. The minimum absolute atomic E-state index is 0.136. The lowest BCUT2D eigenvalue weighted by atomic mass is 10.0. The van der Waals surface area contributed by atoms with Crippen LogP contribution in [-0.2, 0) is 15.3 Å². The van der Waals surface area contributed by atoms with E-state index in [0.717, 1.165) is 31.4 Å². The highest BCUT2D eigenvalue weighted by atomic mass is 35.7. The van der Waals surface area contributed by atoms with E-state index in [1.165, 1.54) is 0 Å². The SMILES string of the molecule is Cc1ccc(Cc2nc3c(C4CCCC4)noc3c(=O)[nH]2)cc1S(=O)(=O)SCl. The summed E-state index contributed by atoms with van der Waals surface area (Å²) in [5, 5.41) is 4.10. The fourth-order valence-electron chi connectivity index (χ4n) is 3.71. The van der Waals surface area contributed by atoms with E-state index >= 15 is 0 Å². The summed E-state index contributed by atoms with van der Waals surface area (Å²) in [5.74, 6) is 0.700. The molecule has 148 valence electrons. The van der Waals surface area contributed by atoms with Gasteiger partial charge >= 0.3 is 0 Å². The molecule has 3 aromatic rings. The van der Waals surface area contributed by atoms with Crippen molar-refractivity contribution in [2.45, 2.75) is 49.8 Å². The number of benzene rings is 1. The van der Waals surface area contributed by atoms with Gasteiger partial charge in [0, 0.05) is 12.3 Å². The summed E-state index contributed by atoms with van der Waals surface area (Å²) in [6.07, 6.45) is 4.57. The van der Waals surface area contributed by atoms with Crippen LogP contribution in [0.4, 0.5) is 0 Å². The maximum atomic E-state index is 12.4. The van der Waals surface area contributed by atoms with Crippen molar-refractivity contribution in [2.75, 3.05) is 0 Å². The van der Waals surface area contributed by atoms with Gasteiger partial charge in [-0.2, -0.15) is 0 Å². The maximum absolute atomic E-state index is 12.4. The Hall–Kier alpha value is -1.84.